The Bertz CT molecular complexity index is 448. The number of hydrogen-bond acceptors (Lipinski definition) is 2. The van der Waals surface area contributed by atoms with Gasteiger partial charge in [-0.3, -0.25) is 4.79 Å². The van der Waals surface area contributed by atoms with Crippen molar-refractivity contribution < 1.29 is 4.79 Å². The zero-order valence-corrected chi connectivity index (χ0v) is 12.8. The summed E-state index contributed by atoms with van der Waals surface area (Å²) in [5.74, 6) is 1.55. The van der Waals surface area contributed by atoms with Crippen molar-refractivity contribution in [3.63, 3.8) is 0 Å². The Morgan fingerprint density at radius 2 is 1.95 bits per heavy atom. The van der Waals surface area contributed by atoms with Crippen LogP contribution in [0.4, 0.5) is 0 Å². The van der Waals surface area contributed by atoms with Crippen molar-refractivity contribution in [3.8, 4) is 0 Å². The van der Waals surface area contributed by atoms with E-state index >= 15 is 0 Å². The summed E-state index contributed by atoms with van der Waals surface area (Å²) in [4.78, 5) is 13.2. The number of likely N-dealkylation sites (tertiary alicyclic amines) is 1. The van der Waals surface area contributed by atoms with Gasteiger partial charge in [0.25, 0.3) is 0 Å². The number of rotatable bonds is 4. The third kappa shape index (κ3) is 4.07. The molecule has 3 heteroatoms. The molecule has 1 aromatic rings. The summed E-state index contributed by atoms with van der Waals surface area (Å²) in [6.07, 6.45) is 2.11. The zero-order chi connectivity index (χ0) is 14.5. The first-order valence-corrected chi connectivity index (χ1v) is 7.44. The van der Waals surface area contributed by atoms with Gasteiger partial charge in [0.05, 0.1) is 0 Å². The van der Waals surface area contributed by atoms with E-state index in [1.54, 1.807) is 6.92 Å². The standard InChI is InChI=1S/C17H25N2O/c1-13(2)16-6-4-5-15(11-16)12-18-17-7-9-19(10-8-17)14(3)20/h4-6,11,17-18H,7-10,12H2,1-3H3. The molecule has 1 radical (unpaired) electrons. The van der Waals surface area contributed by atoms with Crippen molar-refractivity contribution in [2.24, 2.45) is 0 Å². The molecule has 1 heterocycles. The van der Waals surface area contributed by atoms with E-state index in [0.29, 0.717) is 6.04 Å². The van der Waals surface area contributed by atoms with E-state index in [2.05, 4.69) is 43.4 Å². The summed E-state index contributed by atoms with van der Waals surface area (Å²) >= 11 is 0. The van der Waals surface area contributed by atoms with Crippen LogP contribution >= 0.6 is 0 Å². The molecular formula is C17H25N2O. The molecular weight excluding hydrogens is 248 g/mol. The van der Waals surface area contributed by atoms with Gasteiger partial charge in [-0.2, -0.15) is 0 Å². The molecule has 0 unspecified atom stereocenters. The maximum Gasteiger partial charge on any atom is 0.219 e. The molecule has 1 amide bonds. The van der Waals surface area contributed by atoms with Crippen LogP contribution < -0.4 is 5.32 Å². The molecule has 20 heavy (non-hydrogen) atoms. The highest BCUT2D eigenvalue weighted by molar-refractivity contribution is 5.73. The minimum absolute atomic E-state index is 0.199. The van der Waals surface area contributed by atoms with Crippen molar-refractivity contribution in [3.05, 3.63) is 41.3 Å². The van der Waals surface area contributed by atoms with Gasteiger partial charge in [-0.1, -0.05) is 38.1 Å². The number of carbonyl (C=O) groups excluding carboxylic acids is 1. The third-order valence-electron chi connectivity index (χ3n) is 4.04. The van der Waals surface area contributed by atoms with Crippen LogP contribution in [0.3, 0.4) is 0 Å². The van der Waals surface area contributed by atoms with Crippen LogP contribution in [0.15, 0.2) is 24.3 Å². The van der Waals surface area contributed by atoms with Crippen LogP contribution in [0.1, 0.15) is 44.7 Å². The normalized spacial score (nSPS) is 16.7. The van der Waals surface area contributed by atoms with Gasteiger partial charge < -0.3 is 10.2 Å². The molecule has 2 rings (SSSR count). The van der Waals surface area contributed by atoms with Gasteiger partial charge in [-0.25, -0.2) is 0 Å². The van der Waals surface area contributed by atoms with E-state index in [0.717, 1.165) is 32.5 Å². The SMILES string of the molecule is C[C](C)c1cccc(CNC2CCN(C(C)=O)CC2)c1. The molecule has 0 bridgehead atoms. The minimum Gasteiger partial charge on any atom is -0.343 e. The zero-order valence-electron chi connectivity index (χ0n) is 12.8. The molecule has 0 aromatic heterocycles. The largest absolute Gasteiger partial charge is 0.343 e. The van der Waals surface area contributed by atoms with Crippen molar-refractivity contribution in [1.82, 2.24) is 10.2 Å². The Kier molecular flexibility index (Phi) is 5.18. The lowest BCUT2D eigenvalue weighted by molar-refractivity contribution is -0.129. The number of nitrogens with zero attached hydrogens (tertiary/aromatic N) is 1. The van der Waals surface area contributed by atoms with Crippen LogP contribution in [-0.2, 0) is 11.3 Å². The maximum atomic E-state index is 11.3. The molecule has 3 nitrogen and oxygen atoms in total. The lowest BCUT2D eigenvalue weighted by Gasteiger charge is -2.31. The number of piperidine rings is 1. The summed E-state index contributed by atoms with van der Waals surface area (Å²) in [5.41, 5.74) is 2.65. The summed E-state index contributed by atoms with van der Waals surface area (Å²) in [6.45, 7) is 8.62. The lowest BCUT2D eigenvalue weighted by Crippen LogP contribution is -2.43. The summed E-state index contributed by atoms with van der Waals surface area (Å²) in [6, 6.07) is 9.24. The number of benzene rings is 1. The van der Waals surface area contributed by atoms with Crippen molar-refractivity contribution in [2.45, 2.75) is 46.2 Å². The van der Waals surface area contributed by atoms with Crippen LogP contribution in [-0.4, -0.2) is 29.9 Å². The molecule has 109 valence electrons. The molecule has 0 saturated carbocycles. The smallest absolute Gasteiger partial charge is 0.219 e. The molecule has 0 atom stereocenters. The summed E-state index contributed by atoms with van der Waals surface area (Å²) < 4.78 is 0. The highest BCUT2D eigenvalue weighted by atomic mass is 16.2. The van der Waals surface area contributed by atoms with E-state index in [-0.39, 0.29) is 5.91 Å². The van der Waals surface area contributed by atoms with E-state index in [1.165, 1.54) is 17.0 Å². The van der Waals surface area contributed by atoms with E-state index in [1.807, 2.05) is 4.90 Å². The molecule has 1 aromatic carbocycles. The fraction of sp³-hybridized carbons (Fsp3) is 0.529. The molecule has 1 saturated heterocycles. The van der Waals surface area contributed by atoms with Crippen LogP contribution in [0.2, 0.25) is 0 Å². The predicted molar refractivity (Wildman–Crippen MR) is 82.3 cm³/mol. The maximum absolute atomic E-state index is 11.3. The van der Waals surface area contributed by atoms with Crippen molar-refractivity contribution in [1.29, 1.82) is 0 Å². The van der Waals surface area contributed by atoms with Crippen LogP contribution in [0, 0.1) is 5.92 Å². The second kappa shape index (κ2) is 6.89. The highest BCUT2D eigenvalue weighted by Crippen LogP contribution is 2.16. The Labute approximate surface area is 122 Å². The van der Waals surface area contributed by atoms with E-state index in [4.69, 9.17) is 0 Å². The van der Waals surface area contributed by atoms with E-state index < -0.39 is 0 Å². The molecule has 0 aliphatic carbocycles. The first kappa shape index (κ1) is 15.0. The van der Waals surface area contributed by atoms with Gasteiger partial charge in [0, 0.05) is 32.6 Å². The fourth-order valence-corrected chi connectivity index (χ4v) is 2.65. The Morgan fingerprint density at radius 1 is 1.25 bits per heavy atom. The summed E-state index contributed by atoms with van der Waals surface area (Å²) in [7, 11) is 0. The number of amides is 1. The molecule has 1 N–H and O–H groups in total. The molecule has 0 spiro atoms. The number of carbonyl (C=O) groups is 1. The number of hydrogen-bond donors (Lipinski definition) is 1. The fourth-order valence-electron chi connectivity index (χ4n) is 2.65. The van der Waals surface area contributed by atoms with Gasteiger partial charge in [0.2, 0.25) is 5.91 Å². The Balaban J connectivity index is 1.81. The first-order valence-electron chi connectivity index (χ1n) is 7.44. The van der Waals surface area contributed by atoms with E-state index in [9.17, 15) is 4.79 Å². The average molecular weight is 273 g/mol. The second-order valence-corrected chi connectivity index (χ2v) is 5.86. The Morgan fingerprint density at radius 3 is 2.55 bits per heavy atom. The molecule has 1 aliphatic rings. The van der Waals surface area contributed by atoms with Crippen LogP contribution in [0.25, 0.3) is 0 Å². The summed E-state index contributed by atoms with van der Waals surface area (Å²) in [5, 5.41) is 3.62. The molecule has 1 fully saturated rings. The third-order valence-corrected chi connectivity index (χ3v) is 4.04. The van der Waals surface area contributed by atoms with Crippen molar-refractivity contribution in [2.75, 3.05) is 13.1 Å². The van der Waals surface area contributed by atoms with Gasteiger partial charge >= 0.3 is 0 Å². The number of nitrogens with one attached hydrogen (secondary N) is 1. The monoisotopic (exact) mass is 273 g/mol. The van der Waals surface area contributed by atoms with Crippen LogP contribution in [0.5, 0.6) is 0 Å². The highest BCUT2D eigenvalue weighted by Gasteiger charge is 2.19. The second-order valence-electron chi connectivity index (χ2n) is 5.86. The topological polar surface area (TPSA) is 32.3 Å². The lowest BCUT2D eigenvalue weighted by atomic mass is 10.0. The quantitative estimate of drug-likeness (QED) is 0.915. The molecule has 1 aliphatic heterocycles. The predicted octanol–water partition coefficient (Wildman–Crippen LogP) is 2.75. The van der Waals surface area contributed by atoms with Gasteiger partial charge in [-0.05, 0) is 29.9 Å². The van der Waals surface area contributed by atoms with Gasteiger partial charge in [0.15, 0.2) is 0 Å². The van der Waals surface area contributed by atoms with Gasteiger partial charge in [0.1, 0.15) is 0 Å². The minimum atomic E-state index is 0.199. The Hall–Kier alpha value is -1.35. The first-order chi connectivity index (χ1) is 9.56. The average Bonchev–Trinajstić information content (AvgIpc) is 2.46. The van der Waals surface area contributed by atoms with Crippen molar-refractivity contribution >= 4 is 5.91 Å². The van der Waals surface area contributed by atoms with Gasteiger partial charge in [-0.15, -0.1) is 0 Å².